The van der Waals surface area contributed by atoms with E-state index in [9.17, 15) is 4.39 Å². The third kappa shape index (κ3) is 3.55. The minimum Gasteiger partial charge on any atom is -0.487 e. The molecule has 5 heteroatoms. The molecule has 0 spiro atoms. The zero-order valence-corrected chi connectivity index (χ0v) is 12.2. The van der Waals surface area contributed by atoms with E-state index in [2.05, 4.69) is 10.3 Å². The number of aromatic nitrogens is 1. The first-order valence-electron chi connectivity index (χ1n) is 6.76. The Hall–Kier alpha value is -1.46. The van der Waals surface area contributed by atoms with Crippen LogP contribution in [0.15, 0.2) is 23.6 Å². The summed E-state index contributed by atoms with van der Waals surface area (Å²) in [6.07, 6.45) is 2.56. The molecule has 0 radical (unpaired) electrons. The minimum atomic E-state index is -0.279. The summed E-state index contributed by atoms with van der Waals surface area (Å²) in [5.74, 6) is 0.300. The summed E-state index contributed by atoms with van der Waals surface area (Å²) in [5, 5.41) is 6.51. The number of benzene rings is 1. The maximum atomic E-state index is 13.2. The fourth-order valence-electron chi connectivity index (χ4n) is 1.90. The molecule has 1 aromatic carbocycles. The molecule has 0 amide bonds. The number of rotatable bonds is 6. The molecule has 0 saturated heterocycles. The fraction of sp³-hybridized carbons (Fsp3) is 0.400. The highest BCUT2D eigenvalue weighted by molar-refractivity contribution is 7.09. The van der Waals surface area contributed by atoms with Crippen LogP contribution in [-0.2, 0) is 13.2 Å². The molecular formula is C15H17FN2OS. The zero-order valence-electron chi connectivity index (χ0n) is 11.4. The average molecular weight is 292 g/mol. The second kappa shape index (κ2) is 5.89. The minimum absolute atomic E-state index is 0.279. The lowest BCUT2D eigenvalue weighted by atomic mass is 10.2. The summed E-state index contributed by atoms with van der Waals surface area (Å²) >= 11 is 1.63. The van der Waals surface area contributed by atoms with E-state index in [0.717, 1.165) is 22.8 Å². The van der Waals surface area contributed by atoms with Crippen molar-refractivity contribution in [3.63, 3.8) is 0 Å². The Balaban J connectivity index is 1.55. The molecule has 1 N–H and O–H groups in total. The Morgan fingerprint density at radius 1 is 1.45 bits per heavy atom. The Bertz CT molecular complexity index is 595. The van der Waals surface area contributed by atoms with Gasteiger partial charge in [0.05, 0.1) is 5.69 Å². The maximum Gasteiger partial charge on any atom is 0.131 e. The standard InChI is InChI=1S/C15H17FN2OS/c1-10-2-3-11(16)6-14(10)19-8-13-9-20-15(18-13)7-17-12-4-5-12/h2-3,6,9,12,17H,4-5,7-8H2,1H3. The summed E-state index contributed by atoms with van der Waals surface area (Å²) in [4.78, 5) is 4.51. The van der Waals surface area contributed by atoms with Gasteiger partial charge in [0.1, 0.15) is 23.2 Å². The Kier molecular flexibility index (Phi) is 3.98. The van der Waals surface area contributed by atoms with E-state index in [0.29, 0.717) is 18.4 Å². The smallest absolute Gasteiger partial charge is 0.131 e. The number of nitrogens with zero attached hydrogens (tertiary/aromatic N) is 1. The molecule has 1 aliphatic carbocycles. The van der Waals surface area contributed by atoms with Gasteiger partial charge in [-0.15, -0.1) is 11.3 Å². The third-order valence-electron chi connectivity index (χ3n) is 3.24. The molecule has 0 unspecified atom stereocenters. The lowest BCUT2D eigenvalue weighted by molar-refractivity contribution is 0.298. The van der Waals surface area contributed by atoms with Crippen LogP contribution in [0.25, 0.3) is 0 Å². The van der Waals surface area contributed by atoms with Gasteiger partial charge in [-0.3, -0.25) is 0 Å². The molecule has 106 valence electrons. The SMILES string of the molecule is Cc1ccc(F)cc1OCc1csc(CNC2CC2)n1. The van der Waals surface area contributed by atoms with Crippen LogP contribution in [0.5, 0.6) is 5.75 Å². The Morgan fingerprint density at radius 2 is 2.30 bits per heavy atom. The van der Waals surface area contributed by atoms with Crippen molar-refractivity contribution in [2.24, 2.45) is 0 Å². The Labute approximate surface area is 121 Å². The van der Waals surface area contributed by atoms with Crippen LogP contribution in [0.1, 0.15) is 29.1 Å². The van der Waals surface area contributed by atoms with Gasteiger partial charge >= 0.3 is 0 Å². The highest BCUT2D eigenvalue weighted by Gasteiger charge is 2.20. The van der Waals surface area contributed by atoms with Crippen molar-refractivity contribution >= 4 is 11.3 Å². The monoisotopic (exact) mass is 292 g/mol. The van der Waals surface area contributed by atoms with Gasteiger partial charge in [0, 0.05) is 24.0 Å². The van der Waals surface area contributed by atoms with Crippen LogP contribution in [0, 0.1) is 12.7 Å². The zero-order chi connectivity index (χ0) is 13.9. The van der Waals surface area contributed by atoms with Crippen molar-refractivity contribution in [1.82, 2.24) is 10.3 Å². The molecule has 20 heavy (non-hydrogen) atoms. The molecule has 1 aliphatic rings. The van der Waals surface area contributed by atoms with Crippen LogP contribution in [0.2, 0.25) is 0 Å². The average Bonchev–Trinajstić information content (AvgIpc) is 3.16. The normalized spacial score (nSPS) is 14.5. The highest BCUT2D eigenvalue weighted by atomic mass is 32.1. The third-order valence-corrected chi connectivity index (χ3v) is 4.14. The van der Waals surface area contributed by atoms with Gasteiger partial charge in [-0.25, -0.2) is 9.37 Å². The van der Waals surface area contributed by atoms with Gasteiger partial charge in [-0.1, -0.05) is 6.07 Å². The molecule has 3 rings (SSSR count). The van der Waals surface area contributed by atoms with E-state index < -0.39 is 0 Å². The van der Waals surface area contributed by atoms with Gasteiger partial charge in [-0.2, -0.15) is 0 Å². The number of hydrogen-bond acceptors (Lipinski definition) is 4. The molecule has 1 fully saturated rings. The first-order valence-corrected chi connectivity index (χ1v) is 7.64. The van der Waals surface area contributed by atoms with Crippen LogP contribution >= 0.6 is 11.3 Å². The van der Waals surface area contributed by atoms with E-state index in [1.165, 1.54) is 25.0 Å². The number of ether oxygens (including phenoxy) is 1. The van der Waals surface area contributed by atoms with Gasteiger partial charge < -0.3 is 10.1 Å². The van der Waals surface area contributed by atoms with Crippen LogP contribution in [0.4, 0.5) is 4.39 Å². The second-order valence-electron chi connectivity index (χ2n) is 5.09. The summed E-state index contributed by atoms with van der Waals surface area (Å²) in [7, 11) is 0. The summed E-state index contributed by atoms with van der Waals surface area (Å²) in [6.45, 7) is 3.11. The molecule has 1 heterocycles. The van der Waals surface area contributed by atoms with Gasteiger partial charge in [0.25, 0.3) is 0 Å². The molecule has 0 atom stereocenters. The summed E-state index contributed by atoms with van der Waals surface area (Å²) in [6, 6.07) is 5.26. The van der Waals surface area contributed by atoms with E-state index in [1.54, 1.807) is 17.4 Å². The summed E-state index contributed by atoms with van der Waals surface area (Å²) in [5.41, 5.74) is 1.82. The lowest BCUT2D eigenvalue weighted by Crippen LogP contribution is -2.15. The largest absolute Gasteiger partial charge is 0.487 e. The number of aryl methyl sites for hydroxylation is 1. The molecule has 1 aromatic heterocycles. The van der Waals surface area contributed by atoms with Crippen molar-refractivity contribution < 1.29 is 9.13 Å². The van der Waals surface area contributed by atoms with Gasteiger partial charge in [0.15, 0.2) is 0 Å². The predicted octanol–water partition coefficient (Wildman–Crippen LogP) is 3.42. The van der Waals surface area contributed by atoms with Crippen molar-refractivity contribution in [3.05, 3.63) is 45.7 Å². The quantitative estimate of drug-likeness (QED) is 0.886. The molecule has 1 saturated carbocycles. The van der Waals surface area contributed by atoms with E-state index >= 15 is 0 Å². The van der Waals surface area contributed by atoms with Crippen molar-refractivity contribution in [3.8, 4) is 5.75 Å². The van der Waals surface area contributed by atoms with Gasteiger partial charge in [0.2, 0.25) is 0 Å². The number of hydrogen-bond donors (Lipinski definition) is 1. The Morgan fingerprint density at radius 3 is 3.10 bits per heavy atom. The fourth-order valence-corrected chi connectivity index (χ4v) is 2.63. The van der Waals surface area contributed by atoms with Crippen molar-refractivity contribution in [1.29, 1.82) is 0 Å². The van der Waals surface area contributed by atoms with E-state index in [-0.39, 0.29) is 5.82 Å². The van der Waals surface area contributed by atoms with Crippen molar-refractivity contribution in [2.45, 2.75) is 39.0 Å². The number of thiazole rings is 1. The van der Waals surface area contributed by atoms with E-state index in [1.807, 2.05) is 12.3 Å². The molecule has 0 aliphatic heterocycles. The molecule has 3 nitrogen and oxygen atoms in total. The number of halogens is 1. The molecule has 0 bridgehead atoms. The highest BCUT2D eigenvalue weighted by Crippen LogP contribution is 2.22. The molecule has 2 aromatic rings. The maximum absolute atomic E-state index is 13.2. The first-order chi connectivity index (χ1) is 9.70. The van der Waals surface area contributed by atoms with Crippen LogP contribution in [-0.4, -0.2) is 11.0 Å². The first kappa shape index (κ1) is 13.5. The van der Waals surface area contributed by atoms with Gasteiger partial charge in [-0.05, 0) is 31.4 Å². The lowest BCUT2D eigenvalue weighted by Gasteiger charge is -2.07. The molecular weight excluding hydrogens is 275 g/mol. The van der Waals surface area contributed by atoms with E-state index in [4.69, 9.17) is 4.74 Å². The number of nitrogens with one attached hydrogen (secondary N) is 1. The van der Waals surface area contributed by atoms with Crippen molar-refractivity contribution in [2.75, 3.05) is 0 Å². The topological polar surface area (TPSA) is 34.1 Å². The van der Waals surface area contributed by atoms with Crippen LogP contribution < -0.4 is 10.1 Å². The second-order valence-corrected chi connectivity index (χ2v) is 6.03. The summed E-state index contributed by atoms with van der Waals surface area (Å²) < 4.78 is 18.8. The van der Waals surface area contributed by atoms with Crippen LogP contribution in [0.3, 0.4) is 0 Å². The predicted molar refractivity (Wildman–Crippen MR) is 77.4 cm³/mol.